The van der Waals surface area contributed by atoms with E-state index < -0.39 is 0 Å². The Bertz CT molecular complexity index is 283. The number of aromatic nitrogens is 1. The second-order valence-electron chi connectivity index (χ2n) is 3.68. The van der Waals surface area contributed by atoms with Gasteiger partial charge in [-0.25, -0.2) is 0 Å². The minimum Gasteiger partial charge on any atom is -0.394 e. The number of amides is 1. The number of aryl methyl sites for hydroxylation is 1. The molecular formula is C11H18N2O2. The van der Waals surface area contributed by atoms with Gasteiger partial charge in [0.1, 0.15) is 0 Å². The van der Waals surface area contributed by atoms with Crippen LogP contribution in [0.1, 0.15) is 19.8 Å². The topological polar surface area (TPSA) is 54.3 Å². The van der Waals surface area contributed by atoms with Crippen molar-refractivity contribution in [3.05, 3.63) is 24.5 Å². The molecule has 15 heavy (non-hydrogen) atoms. The van der Waals surface area contributed by atoms with Crippen molar-refractivity contribution in [2.45, 2.75) is 32.4 Å². The van der Waals surface area contributed by atoms with E-state index in [4.69, 9.17) is 5.11 Å². The van der Waals surface area contributed by atoms with E-state index in [1.165, 1.54) is 0 Å². The van der Waals surface area contributed by atoms with Crippen LogP contribution in [0.25, 0.3) is 0 Å². The average Bonchev–Trinajstić information content (AvgIpc) is 2.70. The van der Waals surface area contributed by atoms with Gasteiger partial charge in [0.2, 0.25) is 5.91 Å². The van der Waals surface area contributed by atoms with E-state index in [2.05, 4.69) is 5.32 Å². The van der Waals surface area contributed by atoms with Crippen molar-refractivity contribution in [2.24, 2.45) is 0 Å². The van der Waals surface area contributed by atoms with Crippen molar-refractivity contribution in [3.63, 3.8) is 0 Å². The van der Waals surface area contributed by atoms with Crippen LogP contribution in [0.2, 0.25) is 0 Å². The summed E-state index contributed by atoms with van der Waals surface area (Å²) in [5.74, 6) is 0.00343. The number of carbonyl (C=O) groups excluding carboxylic acids is 1. The van der Waals surface area contributed by atoms with Crippen LogP contribution in [0.3, 0.4) is 0 Å². The van der Waals surface area contributed by atoms with Gasteiger partial charge in [-0.1, -0.05) is 0 Å². The van der Waals surface area contributed by atoms with Gasteiger partial charge >= 0.3 is 0 Å². The molecule has 1 amide bonds. The minimum absolute atomic E-state index is 0.00343. The van der Waals surface area contributed by atoms with Gasteiger partial charge in [0.05, 0.1) is 6.61 Å². The molecule has 1 aromatic rings. The fraction of sp³-hybridized carbons (Fsp3) is 0.545. The molecule has 0 aliphatic heterocycles. The van der Waals surface area contributed by atoms with Crippen molar-refractivity contribution in [1.29, 1.82) is 0 Å². The first kappa shape index (κ1) is 11.8. The van der Waals surface area contributed by atoms with E-state index in [9.17, 15) is 4.79 Å². The van der Waals surface area contributed by atoms with Crippen LogP contribution in [0.15, 0.2) is 24.5 Å². The molecule has 2 N–H and O–H groups in total. The Hall–Kier alpha value is -1.29. The molecule has 1 rings (SSSR count). The quantitative estimate of drug-likeness (QED) is 0.728. The van der Waals surface area contributed by atoms with Crippen LogP contribution in [0.5, 0.6) is 0 Å². The van der Waals surface area contributed by atoms with Crippen LogP contribution >= 0.6 is 0 Å². The molecule has 84 valence electrons. The fourth-order valence-electron chi connectivity index (χ4n) is 1.33. The van der Waals surface area contributed by atoms with Gasteiger partial charge in [-0.3, -0.25) is 4.79 Å². The van der Waals surface area contributed by atoms with Crippen LogP contribution in [-0.4, -0.2) is 28.2 Å². The van der Waals surface area contributed by atoms with Gasteiger partial charge in [0.15, 0.2) is 0 Å². The average molecular weight is 210 g/mol. The predicted molar refractivity (Wildman–Crippen MR) is 58.4 cm³/mol. The highest BCUT2D eigenvalue weighted by Gasteiger charge is 2.05. The highest BCUT2D eigenvalue weighted by atomic mass is 16.3. The van der Waals surface area contributed by atoms with Crippen molar-refractivity contribution in [3.8, 4) is 0 Å². The second kappa shape index (κ2) is 6.24. The Morgan fingerprint density at radius 3 is 2.73 bits per heavy atom. The van der Waals surface area contributed by atoms with Gasteiger partial charge in [-0.2, -0.15) is 0 Å². The van der Waals surface area contributed by atoms with Gasteiger partial charge in [0.25, 0.3) is 0 Å². The number of carbonyl (C=O) groups is 1. The summed E-state index contributed by atoms with van der Waals surface area (Å²) in [5, 5.41) is 11.5. The first-order valence-electron chi connectivity index (χ1n) is 5.23. The molecule has 0 fully saturated rings. The molecule has 1 heterocycles. The zero-order valence-electron chi connectivity index (χ0n) is 9.02. The summed E-state index contributed by atoms with van der Waals surface area (Å²) in [6.45, 7) is 2.63. The molecule has 0 aliphatic carbocycles. The molecule has 1 aromatic heterocycles. The third-order valence-corrected chi connectivity index (χ3v) is 2.17. The van der Waals surface area contributed by atoms with Crippen molar-refractivity contribution < 1.29 is 9.90 Å². The Balaban J connectivity index is 2.12. The molecule has 4 heteroatoms. The Labute approximate surface area is 89.9 Å². The van der Waals surface area contributed by atoms with Crippen LogP contribution in [0.4, 0.5) is 0 Å². The summed E-state index contributed by atoms with van der Waals surface area (Å²) in [6.07, 6.45) is 5.28. The fourth-order valence-corrected chi connectivity index (χ4v) is 1.33. The van der Waals surface area contributed by atoms with Crippen LogP contribution < -0.4 is 5.32 Å². The molecule has 4 nitrogen and oxygen atoms in total. The first-order valence-corrected chi connectivity index (χ1v) is 5.23. The Kier molecular flexibility index (Phi) is 4.90. The van der Waals surface area contributed by atoms with E-state index in [0.29, 0.717) is 6.42 Å². The lowest BCUT2D eigenvalue weighted by Crippen LogP contribution is -2.34. The molecule has 0 aromatic carbocycles. The standard InChI is InChI=1S/C11H18N2O2/c1-10(9-14)12-11(15)5-4-8-13-6-2-3-7-13/h2-3,6-7,10,14H,4-5,8-9H2,1H3,(H,12,15)/t10-/m1/s1. The zero-order valence-corrected chi connectivity index (χ0v) is 9.02. The summed E-state index contributed by atoms with van der Waals surface area (Å²) in [5.41, 5.74) is 0. The number of hydrogen-bond donors (Lipinski definition) is 2. The summed E-state index contributed by atoms with van der Waals surface area (Å²) in [6, 6.07) is 3.78. The molecule has 0 aliphatic rings. The van der Waals surface area contributed by atoms with Gasteiger partial charge in [-0.05, 0) is 25.5 Å². The lowest BCUT2D eigenvalue weighted by Gasteiger charge is -2.10. The normalized spacial score (nSPS) is 12.4. The number of rotatable bonds is 6. The van der Waals surface area contributed by atoms with E-state index in [1.807, 2.05) is 29.1 Å². The maximum atomic E-state index is 11.3. The zero-order chi connectivity index (χ0) is 11.1. The van der Waals surface area contributed by atoms with Gasteiger partial charge in [-0.15, -0.1) is 0 Å². The third-order valence-electron chi connectivity index (χ3n) is 2.17. The summed E-state index contributed by atoms with van der Waals surface area (Å²) in [7, 11) is 0. The highest BCUT2D eigenvalue weighted by Crippen LogP contribution is 1.97. The van der Waals surface area contributed by atoms with E-state index in [0.717, 1.165) is 13.0 Å². The molecular weight excluding hydrogens is 192 g/mol. The van der Waals surface area contributed by atoms with E-state index in [1.54, 1.807) is 6.92 Å². The summed E-state index contributed by atoms with van der Waals surface area (Å²) < 4.78 is 2.04. The Morgan fingerprint density at radius 1 is 1.47 bits per heavy atom. The lowest BCUT2D eigenvalue weighted by molar-refractivity contribution is -0.122. The van der Waals surface area contributed by atoms with E-state index in [-0.39, 0.29) is 18.6 Å². The number of nitrogens with zero attached hydrogens (tertiary/aromatic N) is 1. The number of aliphatic hydroxyl groups excluding tert-OH is 1. The molecule has 0 spiro atoms. The minimum atomic E-state index is -0.149. The highest BCUT2D eigenvalue weighted by molar-refractivity contribution is 5.76. The van der Waals surface area contributed by atoms with Crippen LogP contribution in [0, 0.1) is 0 Å². The van der Waals surface area contributed by atoms with Crippen molar-refractivity contribution in [1.82, 2.24) is 9.88 Å². The number of aliphatic hydroxyl groups is 1. The maximum Gasteiger partial charge on any atom is 0.220 e. The first-order chi connectivity index (χ1) is 7.22. The smallest absolute Gasteiger partial charge is 0.220 e. The van der Waals surface area contributed by atoms with Crippen molar-refractivity contribution in [2.75, 3.05) is 6.61 Å². The molecule has 0 saturated heterocycles. The van der Waals surface area contributed by atoms with Gasteiger partial charge in [0, 0.05) is 31.4 Å². The maximum absolute atomic E-state index is 11.3. The predicted octanol–water partition coefficient (Wildman–Crippen LogP) is 0.765. The second-order valence-corrected chi connectivity index (χ2v) is 3.68. The molecule has 0 unspecified atom stereocenters. The third kappa shape index (κ3) is 4.65. The molecule has 0 bridgehead atoms. The molecule has 0 saturated carbocycles. The molecule has 1 atom stereocenters. The SMILES string of the molecule is C[C@H](CO)NC(=O)CCCn1cccc1. The molecule has 0 radical (unpaired) electrons. The number of hydrogen-bond acceptors (Lipinski definition) is 2. The number of nitrogens with one attached hydrogen (secondary N) is 1. The monoisotopic (exact) mass is 210 g/mol. The lowest BCUT2D eigenvalue weighted by atomic mass is 10.2. The summed E-state index contributed by atoms with van der Waals surface area (Å²) >= 11 is 0. The van der Waals surface area contributed by atoms with Crippen molar-refractivity contribution >= 4 is 5.91 Å². The summed E-state index contributed by atoms with van der Waals surface area (Å²) in [4.78, 5) is 11.3. The van der Waals surface area contributed by atoms with E-state index >= 15 is 0 Å². The van der Waals surface area contributed by atoms with Crippen LogP contribution in [-0.2, 0) is 11.3 Å². The largest absolute Gasteiger partial charge is 0.394 e. The Morgan fingerprint density at radius 2 is 2.13 bits per heavy atom. The van der Waals surface area contributed by atoms with Gasteiger partial charge < -0.3 is 15.0 Å².